The minimum absolute atomic E-state index is 0.406. The predicted octanol–water partition coefficient (Wildman–Crippen LogP) is 1.76. The summed E-state index contributed by atoms with van der Waals surface area (Å²) < 4.78 is 0. The van der Waals surface area contributed by atoms with Gasteiger partial charge in [0.15, 0.2) is 0 Å². The van der Waals surface area contributed by atoms with Gasteiger partial charge in [0.05, 0.1) is 0 Å². The Morgan fingerprint density at radius 3 is 2.77 bits per heavy atom. The third-order valence-electron chi connectivity index (χ3n) is 2.65. The maximum atomic E-state index is 8.78. The van der Waals surface area contributed by atoms with Gasteiger partial charge < -0.3 is 10.0 Å². The van der Waals surface area contributed by atoms with Crippen molar-refractivity contribution in [3.05, 3.63) is 23.8 Å². The molecule has 1 aliphatic rings. The van der Waals surface area contributed by atoms with Crippen LogP contribution in [0.1, 0.15) is 26.2 Å². The van der Waals surface area contributed by atoms with Gasteiger partial charge in [-0.2, -0.15) is 0 Å². The van der Waals surface area contributed by atoms with E-state index in [0.717, 1.165) is 19.3 Å². The highest BCUT2D eigenvalue weighted by Gasteiger charge is 2.17. The summed E-state index contributed by atoms with van der Waals surface area (Å²) in [4.78, 5) is 0. The molecule has 1 rings (SSSR count). The van der Waals surface area contributed by atoms with Crippen molar-refractivity contribution in [2.75, 3.05) is 0 Å². The summed E-state index contributed by atoms with van der Waals surface area (Å²) in [7, 11) is -1.19. The quantitative estimate of drug-likeness (QED) is 0.513. The standard InChI is InChI=1S/C10H17BO2/c1-8(2)10-5-3-9(4-6-10)7-11(12)13/h3,10,12-13H,1,4-7H2,2H3. The number of allylic oxidation sites excluding steroid dienone is 3. The summed E-state index contributed by atoms with van der Waals surface area (Å²) in [5.41, 5.74) is 2.41. The minimum Gasteiger partial charge on any atom is -0.427 e. The second-order valence-corrected chi connectivity index (χ2v) is 3.86. The maximum absolute atomic E-state index is 8.78. The molecule has 0 saturated carbocycles. The second-order valence-electron chi connectivity index (χ2n) is 3.86. The average Bonchev–Trinajstić information content (AvgIpc) is 2.04. The van der Waals surface area contributed by atoms with Gasteiger partial charge in [0.2, 0.25) is 0 Å². The second kappa shape index (κ2) is 4.63. The predicted molar refractivity (Wildman–Crippen MR) is 55.2 cm³/mol. The van der Waals surface area contributed by atoms with E-state index in [9.17, 15) is 0 Å². The summed E-state index contributed by atoms with van der Waals surface area (Å²) in [6.45, 7) is 6.00. The van der Waals surface area contributed by atoms with Crippen molar-refractivity contribution in [2.24, 2.45) is 5.92 Å². The first kappa shape index (κ1) is 10.5. The van der Waals surface area contributed by atoms with E-state index >= 15 is 0 Å². The first-order valence-corrected chi connectivity index (χ1v) is 4.79. The van der Waals surface area contributed by atoms with E-state index in [-0.39, 0.29) is 0 Å². The summed E-state index contributed by atoms with van der Waals surface area (Å²) in [6, 6.07) is 0. The van der Waals surface area contributed by atoms with Gasteiger partial charge in [-0.05, 0) is 32.1 Å². The van der Waals surface area contributed by atoms with Gasteiger partial charge in [-0.25, -0.2) is 0 Å². The molecule has 0 aromatic rings. The first-order chi connectivity index (χ1) is 6.09. The van der Waals surface area contributed by atoms with Crippen LogP contribution in [0.25, 0.3) is 0 Å². The molecule has 0 heterocycles. The Bertz CT molecular complexity index is 221. The van der Waals surface area contributed by atoms with E-state index in [2.05, 4.69) is 19.6 Å². The SMILES string of the molecule is C=C(C)C1CC=C(CB(O)O)CC1. The molecule has 2 nitrogen and oxygen atoms in total. The Hall–Kier alpha value is -0.535. The molecule has 0 aromatic heterocycles. The smallest absolute Gasteiger partial charge is 0.427 e. The summed E-state index contributed by atoms with van der Waals surface area (Å²) in [5, 5.41) is 17.6. The summed E-state index contributed by atoms with van der Waals surface area (Å²) >= 11 is 0. The highest BCUT2D eigenvalue weighted by molar-refractivity contribution is 6.41. The molecule has 0 aliphatic heterocycles. The molecule has 1 aliphatic carbocycles. The molecule has 3 heteroatoms. The van der Waals surface area contributed by atoms with Gasteiger partial charge in [0, 0.05) is 6.32 Å². The number of hydrogen-bond donors (Lipinski definition) is 2. The molecular formula is C10H17BO2. The largest absolute Gasteiger partial charge is 0.455 e. The molecule has 0 spiro atoms. The van der Waals surface area contributed by atoms with E-state index in [1.807, 2.05) is 0 Å². The molecule has 1 unspecified atom stereocenters. The molecular weight excluding hydrogens is 163 g/mol. The van der Waals surface area contributed by atoms with Crippen LogP contribution < -0.4 is 0 Å². The van der Waals surface area contributed by atoms with E-state index < -0.39 is 7.12 Å². The van der Waals surface area contributed by atoms with Crippen LogP contribution in [-0.2, 0) is 0 Å². The van der Waals surface area contributed by atoms with Gasteiger partial charge in [-0.1, -0.05) is 23.8 Å². The van der Waals surface area contributed by atoms with Crippen molar-refractivity contribution in [1.82, 2.24) is 0 Å². The Morgan fingerprint density at radius 2 is 2.38 bits per heavy atom. The van der Waals surface area contributed by atoms with Crippen molar-refractivity contribution in [2.45, 2.75) is 32.5 Å². The van der Waals surface area contributed by atoms with Crippen LogP contribution in [0.2, 0.25) is 6.32 Å². The fraction of sp³-hybridized carbons (Fsp3) is 0.600. The van der Waals surface area contributed by atoms with Crippen LogP contribution >= 0.6 is 0 Å². The van der Waals surface area contributed by atoms with Crippen LogP contribution in [0.4, 0.5) is 0 Å². The van der Waals surface area contributed by atoms with Crippen LogP contribution in [0, 0.1) is 5.92 Å². The van der Waals surface area contributed by atoms with Gasteiger partial charge >= 0.3 is 7.12 Å². The van der Waals surface area contributed by atoms with Gasteiger partial charge in [-0.15, -0.1) is 0 Å². The molecule has 0 amide bonds. The topological polar surface area (TPSA) is 40.5 Å². The Kier molecular flexibility index (Phi) is 3.76. The molecule has 1 atom stereocenters. The minimum atomic E-state index is -1.19. The van der Waals surface area contributed by atoms with Crippen LogP contribution in [0.15, 0.2) is 23.8 Å². The van der Waals surface area contributed by atoms with E-state index in [1.165, 1.54) is 11.1 Å². The zero-order valence-corrected chi connectivity index (χ0v) is 8.16. The van der Waals surface area contributed by atoms with E-state index in [4.69, 9.17) is 10.0 Å². The van der Waals surface area contributed by atoms with Crippen LogP contribution in [0.3, 0.4) is 0 Å². The highest BCUT2D eigenvalue weighted by atomic mass is 16.4. The van der Waals surface area contributed by atoms with E-state index in [0.29, 0.717) is 12.2 Å². The molecule has 0 fully saturated rings. The third kappa shape index (κ3) is 3.37. The molecule has 13 heavy (non-hydrogen) atoms. The highest BCUT2D eigenvalue weighted by Crippen LogP contribution is 2.29. The zero-order valence-electron chi connectivity index (χ0n) is 8.16. The van der Waals surface area contributed by atoms with Crippen molar-refractivity contribution in [3.63, 3.8) is 0 Å². The zero-order chi connectivity index (χ0) is 9.84. The van der Waals surface area contributed by atoms with E-state index in [1.54, 1.807) is 0 Å². The molecule has 0 radical (unpaired) electrons. The van der Waals surface area contributed by atoms with Crippen molar-refractivity contribution < 1.29 is 10.0 Å². The number of rotatable bonds is 3. The van der Waals surface area contributed by atoms with Crippen LogP contribution in [0.5, 0.6) is 0 Å². The summed E-state index contributed by atoms with van der Waals surface area (Å²) in [6.07, 6.45) is 5.63. The lowest BCUT2D eigenvalue weighted by Gasteiger charge is -2.21. The monoisotopic (exact) mass is 180 g/mol. The first-order valence-electron chi connectivity index (χ1n) is 4.79. The molecule has 0 aromatic carbocycles. The van der Waals surface area contributed by atoms with Crippen molar-refractivity contribution in [1.29, 1.82) is 0 Å². The fourth-order valence-corrected chi connectivity index (χ4v) is 1.76. The molecule has 0 bridgehead atoms. The van der Waals surface area contributed by atoms with Gasteiger partial charge in [-0.3, -0.25) is 0 Å². The Labute approximate surface area is 80.1 Å². The van der Waals surface area contributed by atoms with Crippen molar-refractivity contribution >= 4 is 7.12 Å². The number of hydrogen-bond acceptors (Lipinski definition) is 2. The molecule has 0 saturated heterocycles. The molecule has 2 N–H and O–H groups in total. The Morgan fingerprint density at radius 1 is 1.69 bits per heavy atom. The lowest BCUT2D eigenvalue weighted by atomic mass is 9.75. The lowest BCUT2D eigenvalue weighted by molar-refractivity contribution is 0.407. The van der Waals surface area contributed by atoms with Crippen LogP contribution in [-0.4, -0.2) is 17.2 Å². The Balaban J connectivity index is 2.43. The van der Waals surface area contributed by atoms with Gasteiger partial charge in [0.25, 0.3) is 0 Å². The lowest BCUT2D eigenvalue weighted by Crippen LogP contribution is -2.14. The fourth-order valence-electron chi connectivity index (χ4n) is 1.76. The van der Waals surface area contributed by atoms with Crippen molar-refractivity contribution in [3.8, 4) is 0 Å². The normalized spacial score (nSPS) is 22.4. The molecule has 72 valence electrons. The maximum Gasteiger partial charge on any atom is 0.455 e. The average molecular weight is 180 g/mol. The third-order valence-corrected chi connectivity index (χ3v) is 2.65. The van der Waals surface area contributed by atoms with Gasteiger partial charge in [0.1, 0.15) is 0 Å². The summed E-state index contributed by atoms with van der Waals surface area (Å²) in [5.74, 6) is 0.597.